The lowest BCUT2D eigenvalue weighted by Crippen LogP contribution is -2.25. The molecule has 2 unspecified atom stereocenters. The molecule has 1 amide bonds. The number of benzene rings is 1. The van der Waals surface area contributed by atoms with E-state index in [0.717, 1.165) is 6.07 Å². The number of hydrogen-bond donors (Lipinski definition) is 1. The number of alkyl halides is 3. The fourth-order valence-corrected chi connectivity index (χ4v) is 2.21. The number of halogens is 3. The fraction of sp³-hybridized carbons (Fsp3) is 0.462. The number of carbonyl (C=O) groups is 1. The largest absolute Gasteiger partial charge is 0.416 e. The minimum absolute atomic E-state index is 0.153. The molecule has 1 aliphatic rings. The monoisotopic (exact) mass is 257 g/mol. The topological polar surface area (TPSA) is 29.1 Å². The van der Waals surface area contributed by atoms with Crippen molar-refractivity contribution in [1.29, 1.82) is 0 Å². The average Bonchev–Trinajstić information content (AvgIpc) is 3.08. The van der Waals surface area contributed by atoms with Crippen LogP contribution in [0.5, 0.6) is 0 Å². The van der Waals surface area contributed by atoms with Crippen molar-refractivity contribution in [2.24, 2.45) is 5.92 Å². The van der Waals surface area contributed by atoms with Gasteiger partial charge >= 0.3 is 6.18 Å². The fourth-order valence-electron chi connectivity index (χ4n) is 2.21. The maximum Gasteiger partial charge on any atom is 0.416 e. The molecule has 2 rings (SSSR count). The highest BCUT2D eigenvalue weighted by molar-refractivity contribution is 5.83. The second kappa shape index (κ2) is 4.63. The molecule has 0 aliphatic heterocycles. The third kappa shape index (κ3) is 2.49. The van der Waals surface area contributed by atoms with Crippen LogP contribution < -0.4 is 5.32 Å². The number of hydrogen-bond acceptors (Lipinski definition) is 1. The van der Waals surface area contributed by atoms with Gasteiger partial charge in [0.2, 0.25) is 5.91 Å². The van der Waals surface area contributed by atoms with E-state index in [9.17, 15) is 18.0 Å². The summed E-state index contributed by atoms with van der Waals surface area (Å²) in [6.07, 6.45) is -3.86. The predicted octanol–water partition coefficient (Wildman–Crippen LogP) is 2.95. The van der Waals surface area contributed by atoms with Crippen LogP contribution in [-0.4, -0.2) is 12.5 Å². The lowest BCUT2D eigenvalue weighted by atomic mass is 10.0. The summed E-state index contributed by atoms with van der Waals surface area (Å²) in [4.78, 5) is 11.6. The molecule has 1 N–H and O–H groups in total. The summed E-state index contributed by atoms with van der Waals surface area (Å²) in [6.45, 7) is 2.29. The minimum Gasteiger partial charge on any atom is -0.356 e. The third-order valence-electron chi connectivity index (χ3n) is 3.14. The van der Waals surface area contributed by atoms with E-state index in [1.165, 1.54) is 12.1 Å². The van der Waals surface area contributed by atoms with Gasteiger partial charge in [-0.1, -0.05) is 18.2 Å². The van der Waals surface area contributed by atoms with Crippen LogP contribution in [0.25, 0.3) is 0 Å². The Morgan fingerprint density at radius 3 is 2.67 bits per heavy atom. The highest BCUT2D eigenvalue weighted by atomic mass is 19.4. The van der Waals surface area contributed by atoms with Crippen molar-refractivity contribution in [3.8, 4) is 0 Å². The minimum atomic E-state index is -4.36. The Labute approximate surface area is 103 Å². The zero-order valence-corrected chi connectivity index (χ0v) is 9.92. The summed E-state index contributed by atoms with van der Waals surface area (Å²) < 4.78 is 38.4. The second-order valence-corrected chi connectivity index (χ2v) is 4.43. The van der Waals surface area contributed by atoms with E-state index < -0.39 is 11.7 Å². The maximum atomic E-state index is 12.8. The average molecular weight is 257 g/mol. The standard InChI is InChI=1S/C13H14F3NO/c1-2-17-12(18)10-7-9(10)8-5-3-4-6-11(8)13(14,15)16/h3-6,9-10H,2,7H2,1H3,(H,17,18). The Hall–Kier alpha value is -1.52. The van der Waals surface area contributed by atoms with Gasteiger partial charge in [-0.2, -0.15) is 13.2 Å². The van der Waals surface area contributed by atoms with Crippen molar-refractivity contribution >= 4 is 5.91 Å². The molecule has 1 saturated carbocycles. The highest BCUT2D eigenvalue weighted by Gasteiger charge is 2.47. The first kappa shape index (κ1) is 12.9. The summed E-state index contributed by atoms with van der Waals surface area (Å²) in [5.41, 5.74) is -0.386. The van der Waals surface area contributed by atoms with E-state index in [1.807, 2.05) is 0 Å². The van der Waals surface area contributed by atoms with E-state index in [-0.39, 0.29) is 23.3 Å². The first-order valence-electron chi connectivity index (χ1n) is 5.89. The van der Waals surface area contributed by atoms with Gasteiger partial charge in [0.15, 0.2) is 0 Å². The molecule has 1 aliphatic carbocycles. The van der Waals surface area contributed by atoms with Crippen LogP contribution >= 0.6 is 0 Å². The van der Waals surface area contributed by atoms with E-state index in [1.54, 1.807) is 13.0 Å². The van der Waals surface area contributed by atoms with E-state index in [0.29, 0.717) is 13.0 Å². The van der Waals surface area contributed by atoms with Crippen molar-refractivity contribution in [1.82, 2.24) is 5.32 Å². The van der Waals surface area contributed by atoms with Crippen LogP contribution in [0.4, 0.5) is 13.2 Å². The van der Waals surface area contributed by atoms with Crippen molar-refractivity contribution in [2.45, 2.75) is 25.4 Å². The molecule has 2 atom stereocenters. The first-order chi connectivity index (χ1) is 8.45. The molecule has 0 heterocycles. The van der Waals surface area contributed by atoms with Crippen LogP contribution in [0.2, 0.25) is 0 Å². The van der Waals surface area contributed by atoms with E-state index >= 15 is 0 Å². The van der Waals surface area contributed by atoms with Gasteiger partial charge in [-0.05, 0) is 30.9 Å². The zero-order valence-electron chi connectivity index (χ0n) is 9.92. The van der Waals surface area contributed by atoms with Crippen molar-refractivity contribution < 1.29 is 18.0 Å². The maximum absolute atomic E-state index is 12.8. The predicted molar refractivity (Wildman–Crippen MR) is 61.0 cm³/mol. The van der Waals surface area contributed by atoms with Crippen LogP contribution in [0.1, 0.15) is 30.4 Å². The normalized spacial score (nSPS) is 22.7. The van der Waals surface area contributed by atoms with Gasteiger partial charge in [0, 0.05) is 12.5 Å². The first-order valence-corrected chi connectivity index (χ1v) is 5.89. The van der Waals surface area contributed by atoms with Gasteiger partial charge in [-0.3, -0.25) is 4.79 Å². The van der Waals surface area contributed by atoms with Gasteiger partial charge in [-0.15, -0.1) is 0 Å². The smallest absolute Gasteiger partial charge is 0.356 e. The van der Waals surface area contributed by atoms with Gasteiger partial charge in [0.05, 0.1) is 5.56 Å². The summed E-state index contributed by atoms with van der Waals surface area (Å²) in [7, 11) is 0. The van der Waals surface area contributed by atoms with Gasteiger partial charge in [-0.25, -0.2) is 0 Å². The SMILES string of the molecule is CCNC(=O)C1CC1c1ccccc1C(F)(F)F. The molecule has 0 radical (unpaired) electrons. The molecule has 0 spiro atoms. The third-order valence-corrected chi connectivity index (χ3v) is 3.14. The summed E-state index contributed by atoms with van der Waals surface area (Å²) in [5.74, 6) is -0.762. The summed E-state index contributed by atoms with van der Waals surface area (Å²) >= 11 is 0. The number of carbonyl (C=O) groups excluding carboxylic acids is 1. The van der Waals surface area contributed by atoms with Crippen molar-refractivity contribution in [3.05, 3.63) is 35.4 Å². The van der Waals surface area contributed by atoms with Gasteiger partial charge in [0.25, 0.3) is 0 Å². The number of amides is 1. The molecular formula is C13H14F3NO. The Bertz CT molecular complexity index is 456. The Morgan fingerprint density at radius 1 is 1.39 bits per heavy atom. The van der Waals surface area contributed by atoms with Crippen LogP contribution in [0, 0.1) is 5.92 Å². The van der Waals surface area contributed by atoms with E-state index in [2.05, 4.69) is 5.32 Å². The molecule has 18 heavy (non-hydrogen) atoms. The van der Waals surface area contributed by atoms with Gasteiger partial charge in [0.1, 0.15) is 0 Å². The molecule has 0 saturated heterocycles. The van der Waals surface area contributed by atoms with Crippen molar-refractivity contribution in [2.75, 3.05) is 6.54 Å². The van der Waals surface area contributed by atoms with Crippen LogP contribution in [-0.2, 0) is 11.0 Å². The quantitative estimate of drug-likeness (QED) is 0.886. The van der Waals surface area contributed by atoms with Crippen molar-refractivity contribution in [3.63, 3.8) is 0 Å². The second-order valence-electron chi connectivity index (χ2n) is 4.43. The number of nitrogens with one attached hydrogen (secondary N) is 1. The lowest BCUT2D eigenvalue weighted by molar-refractivity contribution is -0.138. The molecule has 2 nitrogen and oxygen atoms in total. The summed E-state index contributed by atoms with van der Waals surface area (Å²) in [6, 6.07) is 5.49. The van der Waals surface area contributed by atoms with Gasteiger partial charge < -0.3 is 5.32 Å². The van der Waals surface area contributed by atoms with E-state index in [4.69, 9.17) is 0 Å². The molecule has 1 aromatic rings. The zero-order chi connectivity index (χ0) is 13.3. The molecule has 5 heteroatoms. The molecule has 0 aromatic heterocycles. The number of rotatable bonds is 3. The highest BCUT2D eigenvalue weighted by Crippen LogP contribution is 2.50. The Morgan fingerprint density at radius 2 is 2.06 bits per heavy atom. The Balaban J connectivity index is 2.19. The molecule has 0 bridgehead atoms. The molecule has 98 valence electrons. The van der Waals surface area contributed by atoms with Crippen LogP contribution in [0.3, 0.4) is 0 Å². The lowest BCUT2D eigenvalue weighted by Gasteiger charge is -2.12. The molecule has 1 aromatic carbocycles. The molecule has 1 fully saturated rings. The summed E-state index contributed by atoms with van der Waals surface area (Å²) in [5, 5.41) is 2.65. The Kier molecular flexibility index (Phi) is 3.32. The molecular weight excluding hydrogens is 243 g/mol. The van der Waals surface area contributed by atoms with Crippen LogP contribution in [0.15, 0.2) is 24.3 Å².